The van der Waals surface area contributed by atoms with Crippen molar-refractivity contribution >= 4 is 39.1 Å². The van der Waals surface area contributed by atoms with Crippen molar-refractivity contribution < 1.29 is 18.0 Å². The van der Waals surface area contributed by atoms with Gasteiger partial charge in [-0.3, -0.25) is 9.48 Å². The van der Waals surface area contributed by atoms with Gasteiger partial charge >= 0.3 is 5.51 Å². The van der Waals surface area contributed by atoms with Crippen molar-refractivity contribution in [3.8, 4) is 11.8 Å². The van der Waals surface area contributed by atoms with E-state index in [9.17, 15) is 18.0 Å². The molecule has 4 rings (SSSR count). The predicted octanol–water partition coefficient (Wildman–Crippen LogP) is 4.63. The molecule has 0 saturated heterocycles. The summed E-state index contributed by atoms with van der Waals surface area (Å²) < 4.78 is 42.9. The highest BCUT2D eigenvalue weighted by molar-refractivity contribution is 9.10. The molecule has 3 aromatic heterocycles. The van der Waals surface area contributed by atoms with E-state index in [-0.39, 0.29) is 34.8 Å². The molecule has 1 saturated carbocycles. The minimum Gasteiger partial charge on any atom is -0.341 e. The standard InChI is InChI=1S/C19H14BrF3N4OS/c20-15-4-2-8-26-16(15)9-12(18(26)29-19(21,22)23)3-1-7-24-17(28)13-10-25-27(11-13)14-5-6-14/h2,4,8-11,14H,5-7H2,(H,24,28). The van der Waals surface area contributed by atoms with Crippen molar-refractivity contribution in [3.05, 3.63) is 52.4 Å². The van der Waals surface area contributed by atoms with Crippen LogP contribution in [0.1, 0.15) is 34.8 Å². The van der Waals surface area contributed by atoms with Crippen LogP contribution in [-0.4, -0.2) is 32.1 Å². The molecule has 29 heavy (non-hydrogen) atoms. The molecule has 0 spiro atoms. The Kier molecular flexibility index (Phi) is 5.36. The van der Waals surface area contributed by atoms with E-state index >= 15 is 0 Å². The zero-order valence-electron chi connectivity index (χ0n) is 14.8. The lowest BCUT2D eigenvalue weighted by molar-refractivity contribution is -0.0329. The quantitative estimate of drug-likeness (QED) is 0.435. The molecule has 0 bridgehead atoms. The molecule has 5 nitrogen and oxygen atoms in total. The van der Waals surface area contributed by atoms with Crippen molar-refractivity contribution in [2.75, 3.05) is 6.54 Å². The van der Waals surface area contributed by atoms with E-state index in [0.717, 1.165) is 12.8 Å². The van der Waals surface area contributed by atoms with Crippen LogP contribution in [0.2, 0.25) is 0 Å². The minimum absolute atomic E-state index is 0.0108. The average molecular weight is 483 g/mol. The van der Waals surface area contributed by atoms with Gasteiger partial charge in [0.1, 0.15) is 5.03 Å². The number of hydrogen-bond acceptors (Lipinski definition) is 3. The van der Waals surface area contributed by atoms with Crippen LogP contribution in [0.4, 0.5) is 13.2 Å². The topological polar surface area (TPSA) is 51.3 Å². The van der Waals surface area contributed by atoms with Gasteiger partial charge in [0, 0.05) is 28.6 Å². The number of fused-ring (bicyclic) bond motifs is 1. The zero-order chi connectivity index (χ0) is 20.6. The maximum absolute atomic E-state index is 13.0. The molecule has 0 aliphatic heterocycles. The first kappa shape index (κ1) is 19.9. The van der Waals surface area contributed by atoms with E-state index in [1.54, 1.807) is 35.3 Å². The van der Waals surface area contributed by atoms with Crippen LogP contribution in [0.15, 0.2) is 46.3 Å². The second-order valence-corrected chi connectivity index (χ2v) is 8.36. The molecule has 10 heteroatoms. The van der Waals surface area contributed by atoms with Crippen molar-refractivity contribution in [3.63, 3.8) is 0 Å². The number of pyridine rings is 1. The highest BCUT2D eigenvalue weighted by atomic mass is 79.9. The van der Waals surface area contributed by atoms with E-state index in [4.69, 9.17) is 0 Å². The number of carbonyl (C=O) groups excluding carboxylic acids is 1. The number of rotatable bonds is 4. The number of carbonyl (C=O) groups is 1. The van der Waals surface area contributed by atoms with Gasteiger partial charge < -0.3 is 9.72 Å². The molecule has 1 aliphatic carbocycles. The van der Waals surface area contributed by atoms with Gasteiger partial charge in [0.2, 0.25) is 0 Å². The van der Waals surface area contributed by atoms with Crippen molar-refractivity contribution in [1.29, 1.82) is 0 Å². The summed E-state index contributed by atoms with van der Waals surface area (Å²) in [5.41, 5.74) is -3.18. The predicted molar refractivity (Wildman–Crippen MR) is 107 cm³/mol. The number of nitrogens with one attached hydrogen (secondary N) is 1. The van der Waals surface area contributed by atoms with Crippen LogP contribution in [0.3, 0.4) is 0 Å². The van der Waals surface area contributed by atoms with Gasteiger partial charge in [-0.05, 0) is 47.0 Å². The number of thioether (sulfide) groups is 1. The largest absolute Gasteiger partial charge is 0.447 e. The second kappa shape index (κ2) is 7.80. The average Bonchev–Trinajstić information content (AvgIpc) is 3.28. The van der Waals surface area contributed by atoms with Crippen LogP contribution < -0.4 is 5.32 Å². The molecule has 150 valence electrons. The lowest BCUT2D eigenvalue weighted by Gasteiger charge is -2.07. The van der Waals surface area contributed by atoms with Gasteiger partial charge in [-0.15, -0.1) is 0 Å². The fourth-order valence-electron chi connectivity index (χ4n) is 2.80. The molecule has 1 N–H and O–H groups in total. The van der Waals surface area contributed by atoms with Crippen LogP contribution in [0, 0.1) is 11.8 Å². The molecular weight excluding hydrogens is 469 g/mol. The van der Waals surface area contributed by atoms with Crippen LogP contribution in [-0.2, 0) is 0 Å². The Hall–Kier alpha value is -2.38. The number of halogens is 4. The highest BCUT2D eigenvalue weighted by Gasteiger charge is 2.32. The molecule has 0 unspecified atom stereocenters. The third kappa shape index (κ3) is 4.62. The SMILES string of the molecule is O=C(NCC#Cc1cc2c(Br)cccn2c1SC(F)(F)F)c1cnn(C2CC2)c1. The monoisotopic (exact) mass is 482 g/mol. The Morgan fingerprint density at radius 1 is 1.41 bits per heavy atom. The van der Waals surface area contributed by atoms with Crippen LogP contribution in [0.5, 0.6) is 0 Å². The van der Waals surface area contributed by atoms with E-state index in [1.807, 2.05) is 0 Å². The molecule has 0 atom stereocenters. The summed E-state index contributed by atoms with van der Waals surface area (Å²) in [5.74, 6) is 5.16. The molecule has 1 fully saturated rings. The third-order valence-corrected chi connectivity index (χ3v) is 5.78. The zero-order valence-corrected chi connectivity index (χ0v) is 17.2. The molecule has 3 aromatic rings. The number of hydrogen-bond donors (Lipinski definition) is 1. The molecule has 0 aromatic carbocycles. The van der Waals surface area contributed by atoms with E-state index < -0.39 is 5.51 Å². The Bertz CT molecular complexity index is 1140. The van der Waals surface area contributed by atoms with Crippen molar-refractivity contribution in [2.24, 2.45) is 0 Å². The van der Waals surface area contributed by atoms with Gasteiger partial charge in [0.15, 0.2) is 0 Å². The fraction of sp³-hybridized carbons (Fsp3) is 0.263. The van der Waals surface area contributed by atoms with Crippen molar-refractivity contribution in [1.82, 2.24) is 19.5 Å². The normalized spacial score (nSPS) is 13.9. The summed E-state index contributed by atoms with van der Waals surface area (Å²) in [6.07, 6.45) is 6.87. The number of alkyl halides is 3. The fourth-order valence-corrected chi connectivity index (χ4v) is 3.96. The van der Waals surface area contributed by atoms with Crippen LogP contribution in [0.25, 0.3) is 5.52 Å². The highest BCUT2D eigenvalue weighted by Crippen LogP contribution is 2.40. The summed E-state index contributed by atoms with van der Waals surface area (Å²) in [7, 11) is 0. The summed E-state index contributed by atoms with van der Waals surface area (Å²) in [5, 5.41) is 6.78. The lowest BCUT2D eigenvalue weighted by Crippen LogP contribution is -2.23. The summed E-state index contributed by atoms with van der Waals surface area (Å²) in [6, 6.07) is 5.36. The molecule has 3 heterocycles. The number of amides is 1. The first-order valence-corrected chi connectivity index (χ1v) is 10.3. The summed E-state index contributed by atoms with van der Waals surface area (Å²) in [4.78, 5) is 12.2. The number of nitrogens with zero attached hydrogens (tertiary/aromatic N) is 3. The first-order valence-electron chi connectivity index (χ1n) is 8.68. The van der Waals surface area contributed by atoms with E-state index in [1.165, 1.54) is 10.6 Å². The minimum atomic E-state index is -4.44. The maximum atomic E-state index is 13.0. The smallest absolute Gasteiger partial charge is 0.341 e. The molecule has 0 radical (unpaired) electrons. The van der Waals surface area contributed by atoms with Crippen LogP contribution >= 0.6 is 27.7 Å². The van der Waals surface area contributed by atoms with Gasteiger partial charge in [-0.1, -0.05) is 11.8 Å². The maximum Gasteiger partial charge on any atom is 0.447 e. The van der Waals surface area contributed by atoms with Gasteiger partial charge in [-0.2, -0.15) is 18.3 Å². The summed E-state index contributed by atoms with van der Waals surface area (Å²) in [6.45, 7) is 0.0108. The van der Waals surface area contributed by atoms with Gasteiger partial charge in [0.25, 0.3) is 5.91 Å². The molecule has 1 amide bonds. The first-order chi connectivity index (χ1) is 13.8. The summed E-state index contributed by atoms with van der Waals surface area (Å²) >= 11 is 3.13. The molecular formula is C19H14BrF3N4OS. The van der Waals surface area contributed by atoms with Gasteiger partial charge in [0.05, 0.1) is 35.4 Å². The van der Waals surface area contributed by atoms with E-state index in [2.05, 4.69) is 38.2 Å². The Balaban J connectivity index is 1.50. The van der Waals surface area contributed by atoms with E-state index in [0.29, 0.717) is 21.6 Å². The third-order valence-electron chi connectivity index (χ3n) is 4.27. The van der Waals surface area contributed by atoms with Crippen molar-refractivity contribution in [2.45, 2.75) is 29.4 Å². The lowest BCUT2D eigenvalue weighted by atomic mass is 10.3. The number of aromatic nitrogens is 3. The Labute approximate surface area is 176 Å². The van der Waals surface area contributed by atoms with Gasteiger partial charge in [-0.25, -0.2) is 0 Å². The Morgan fingerprint density at radius 2 is 2.21 bits per heavy atom. The Morgan fingerprint density at radius 3 is 2.93 bits per heavy atom. The molecule has 1 aliphatic rings. The second-order valence-electron chi connectivity index (χ2n) is 6.45.